The Morgan fingerprint density at radius 1 is 1.32 bits per heavy atom. The lowest BCUT2D eigenvalue weighted by Gasteiger charge is -2.26. The average Bonchev–Trinajstić information content (AvgIpc) is 3.42. The summed E-state index contributed by atoms with van der Waals surface area (Å²) in [5, 5.41) is 17.8. The first-order chi connectivity index (χ1) is 18.8. The number of aliphatic hydroxyl groups is 1. The van der Waals surface area contributed by atoms with Gasteiger partial charge in [0.2, 0.25) is 11.6 Å². The van der Waals surface area contributed by atoms with Crippen LogP contribution in [0.5, 0.6) is 5.75 Å². The van der Waals surface area contributed by atoms with Crippen LogP contribution in [-0.2, 0) is 23.4 Å². The van der Waals surface area contributed by atoms with Crippen molar-refractivity contribution in [3.05, 3.63) is 52.6 Å². The van der Waals surface area contributed by atoms with Crippen LogP contribution in [-0.4, -0.2) is 62.1 Å². The monoisotopic (exact) mass is 578 g/mol. The molecule has 15 heteroatoms. The predicted molar refractivity (Wildman–Crippen MR) is 144 cm³/mol. The fourth-order valence-corrected chi connectivity index (χ4v) is 5.65. The van der Waals surface area contributed by atoms with Crippen molar-refractivity contribution in [1.82, 2.24) is 24.7 Å². The lowest BCUT2D eigenvalue weighted by molar-refractivity contribution is -0.153. The fraction of sp³-hybridized carbons (Fsp3) is 0.520. The first-order valence-electron chi connectivity index (χ1n) is 12.8. The number of carbonyl (C=O) groups excluding carboxylic acids is 1. The number of nitrogen functional groups attached to an aromatic ring is 1. The molecule has 40 heavy (non-hydrogen) atoms. The normalized spacial score (nSPS) is 23.6. The van der Waals surface area contributed by atoms with Crippen LogP contribution < -0.4 is 20.9 Å². The van der Waals surface area contributed by atoms with E-state index >= 15 is 0 Å². The molecular formula is C25H35N6O8P. The molecule has 0 saturated carbocycles. The van der Waals surface area contributed by atoms with Crippen molar-refractivity contribution >= 4 is 25.3 Å². The van der Waals surface area contributed by atoms with Crippen LogP contribution in [0, 0.1) is 11.3 Å². The van der Waals surface area contributed by atoms with Gasteiger partial charge in [0.25, 0.3) is 5.56 Å². The molecule has 0 radical (unpaired) electrons. The zero-order chi connectivity index (χ0) is 29.2. The van der Waals surface area contributed by atoms with Gasteiger partial charge in [-0.25, -0.2) is 19.2 Å². The van der Waals surface area contributed by atoms with Gasteiger partial charge in [-0.3, -0.25) is 19.1 Å². The van der Waals surface area contributed by atoms with Gasteiger partial charge in [-0.2, -0.15) is 0 Å². The highest BCUT2D eigenvalue weighted by Crippen LogP contribution is 2.47. The van der Waals surface area contributed by atoms with Gasteiger partial charge in [0.15, 0.2) is 0 Å². The molecule has 6 atom stereocenters. The molecule has 0 spiro atoms. The number of benzene rings is 1. The molecule has 0 aliphatic carbocycles. The third-order valence-corrected chi connectivity index (χ3v) is 7.96. The summed E-state index contributed by atoms with van der Waals surface area (Å²) in [6, 6.07) is 7.84. The summed E-state index contributed by atoms with van der Waals surface area (Å²) in [4.78, 5) is 30.8. The number of aromatic nitrogens is 4. The van der Waals surface area contributed by atoms with E-state index in [1.165, 1.54) is 10.7 Å². The Kier molecular flexibility index (Phi) is 8.66. The molecule has 14 nitrogen and oxygen atoms in total. The second-order valence-electron chi connectivity index (χ2n) is 10.8. The Bertz CT molecular complexity index is 1440. The molecule has 1 saturated heterocycles. The Morgan fingerprint density at radius 3 is 2.70 bits per heavy atom. The lowest BCUT2D eigenvalue weighted by atomic mass is 9.97. The minimum absolute atomic E-state index is 0.0281. The summed E-state index contributed by atoms with van der Waals surface area (Å²) in [5.74, 6) is -0.686. The van der Waals surface area contributed by atoms with Crippen LogP contribution in [0.3, 0.4) is 0 Å². The number of rotatable bonds is 10. The van der Waals surface area contributed by atoms with Crippen molar-refractivity contribution in [2.45, 2.75) is 59.0 Å². The number of nitrogens with zero attached hydrogens (tertiary/aromatic N) is 3. The number of aromatic amines is 1. The highest BCUT2D eigenvalue weighted by molar-refractivity contribution is 7.52. The van der Waals surface area contributed by atoms with Crippen molar-refractivity contribution in [2.75, 3.05) is 18.9 Å². The molecule has 2 aromatic heterocycles. The molecule has 5 N–H and O–H groups in total. The maximum atomic E-state index is 13.8. The SMILES string of the molecule is CC(COC(=O)C(C)(C)C)NP(=O)(OCC1OC(c2cnc3c(=O)[nH]c(N)nn23)C(C)C1O)Oc1ccccc1. The molecule has 6 unspecified atom stereocenters. The van der Waals surface area contributed by atoms with E-state index in [1.54, 1.807) is 65.0 Å². The summed E-state index contributed by atoms with van der Waals surface area (Å²) in [5.41, 5.74) is 4.92. The second kappa shape index (κ2) is 11.7. The predicted octanol–water partition coefficient (Wildman–Crippen LogP) is 2.21. The van der Waals surface area contributed by atoms with Crippen molar-refractivity contribution in [2.24, 2.45) is 11.3 Å². The van der Waals surface area contributed by atoms with E-state index in [9.17, 15) is 19.3 Å². The Labute approximate surface area is 230 Å². The molecule has 0 amide bonds. The standard InChI is InChI=1S/C25H35N6O8P/c1-14(12-36-23(34)25(3,4)5)30-40(35,39-16-9-7-6-8-10-16)37-13-18-19(32)15(2)20(38-18)17-11-27-21-22(33)28-24(26)29-31(17)21/h6-11,14-15,18-20,32H,12-13H2,1-5H3,(H,30,35)(H3,26,28,29,33). The van der Waals surface area contributed by atoms with Crippen LogP contribution in [0.2, 0.25) is 0 Å². The number of hydrogen-bond donors (Lipinski definition) is 4. The van der Waals surface area contributed by atoms with Gasteiger partial charge in [0.05, 0.1) is 30.0 Å². The van der Waals surface area contributed by atoms with Crippen LogP contribution in [0.1, 0.15) is 46.4 Å². The van der Waals surface area contributed by atoms with Crippen LogP contribution in [0.4, 0.5) is 5.95 Å². The number of anilines is 1. The maximum Gasteiger partial charge on any atom is 0.459 e. The molecule has 3 aromatic rings. The minimum atomic E-state index is -4.05. The Balaban J connectivity index is 1.48. The summed E-state index contributed by atoms with van der Waals surface area (Å²) in [6.07, 6.45) is -1.22. The van der Waals surface area contributed by atoms with Crippen LogP contribution >= 0.6 is 7.75 Å². The van der Waals surface area contributed by atoms with Gasteiger partial charge in [-0.05, 0) is 39.8 Å². The first kappa shape index (κ1) is 29.7. The lowest BCUT2D eigenvalue weighted by Crippen LogP contribution is -2.35. The third kappa shape index (κ3) is 6.70. The summed E-state index contributed by atoms with van der Waals surface area (Å²) in [7, 11) is -4.05. The smallest absolute Gasteiger partial charge is 0.459 e. The van der Waals surface area contributed by atoms with E-state index in [4.69, 9.17) is 24.3 Å². The van der Waals surface area contributed by atoms with E-state index in [0.29, 0.717) is 5.69 Å². The number of nitrogens with two attached hydrogens (primary N) is 1. The van der Waals surface area contributed by atoms with Crippen LogP contribution in [0.15, 0.2) is 41.3 Å². The number of nitrogens with one attached hydrogen (secondary N) is 2. The van der Waals surface area contributed by atoms with Gasteiger partial charge < -0.3 is 24.8 Å². The number of carbonyl (C=O) groups is 1. The molecule has 1 fully saturated rings. The third-order valence-electron chi connectivity index (χ3n) is 6.26. The van der Waals surface area contributed by atoms with Crippen molar-refractivity contribution in [3.63, 3.8) is 0 Å². The van der Waals surface area contributed by atoms with Gasteiger partial charge in [-0.1, -0.05) is 25.1 Å². The number of imidazole rings is 1. The summed E-state index contributed by atoms with van der Waals surface area (Å²) in [6.45, 7) is 8.25. The number of ether oxygens (including phenoxy) is 2. The number of hydrogen-bond acceptors (Lipinski definition) is 11. The molecule has 4 rings (SSSR count). The molecule has 1 aliphatic rings. The van der Waals surface area contributed by atoms with Gasteiger partial charge in [0.1, 0.15) is 24.6 Å². The van der Waals surface area contributed by atoms with Crippen LogP contribution in [0.25, 0.3) is 5.65 Å². The van der Waals surface area contributed by atoms with Crippen molar-refractivity contribution in [3.8, 4) is 5.75 Å². The topological polar surface area (TPSA) is 192 Å². The number of H-pyrrole nitrogens is 1. The van der Waals surface area contributed by atoms with Gasteiger partial charge in [-0.15, -0.1) is 5.10 Å². The molecule has 1 aromatic carbocycles. The van der Waals surface area contributed by atoms with Crippen molar-refractivity contribution in [1.29, 1.82) is 0 Å². The summed E-state index contributed by atoms with van der Waals surface area (Å²) >= 11 is 0. The highest BCUT2D eigenvalue weighted by atomic mass is 31.2. The zero-order valence-electron chi connectivity index (χ0n) is 22.9. The number of fused-ring (bicyclic) bond motifs is 1. The molecule has 1 aliphatic heterocycles. The number of para-hydroxylation sites is 1. The van der Waals surface area contributed by atoms with E-state index in [0.717, 1.165) is 0 Å². The molecule has 0 bridgehead atoms. The van der Waals surface area contributed by atoms with E-state index in [1.807, 2.05) is 0 Å². The first-order valence-corrected chi connectivity index (χ1v) is 14.3. The highest BCUT2D eigenvalue weighted by Gasteiger charge is 2.45. The second-order valence-corrected chi connectivity index (χ2v) is 12.5. The number of esters is 1. The van der Waals surface area contributed by atoms with E-state index in [-0.39, 0.29) is 30.6 Å². The van der Waals surface area contributed by atoms with Crippen molar-refractivity contribution < 1.29 is 33.0 Å². The Morgan fingerprint density at radius 2 is 2.02 bits per heavy atom. The molecule has 218 valence electrons. The fourth-order valence-electron chi connectivity index (χ4n) is 4.11. The van der Waals surface area contributed by atoms with Gasteiger partial charge in [0, 0.05) is 12.0 Å². The minimum Gasteiger partial charge on any atom is -0.464 e. The quantitative estimate of drug-likeness (QED) is 0.203. The zero-order valence-corrected chi connectivity index (χ0v) is 23.8. The molecular weight excluding hydrogens is 543 g/mol. The van der Waals surface area contributed by atoms with E-state index < -0.39 is 55.0 Å². The number of aliphatic hydroxyl groups excluding tert-OH is 1. The largest absolute Gasteiger partial charge is 0.464 e. The van der Waals surface area contributed by atoms with E-state index in [2.05, 4.69) is 20.2 Å². The summed E-state index contributed by atoms with van der Waals surface area (Å²) < 4.78 is 38.0. The maximum absolute atomic E-state index is 13.8. The Hall–Kier alpha value is -3.29. The molecule has 3 heterocycles. The van der Waals surface area contributed by atoms with Gasteiger partial charge >= 0.3 is 13.7 Å². The average molecular weight is 579 g/mol.